The summed E-state index contributed by atoms with van der Waals surface area (Å²) in [6, 6.07) is 9.39. The molecule has 0 bridgehead atoms. The molecule has 1 saturated heterocycles. The highest BCUT2D eigenvalue weighted by molar-refractivity contribution is 7.99. The van der Waals surface area contributed by atoms with E-state index in [0.29, 0.717) is 18.2 Å². The van der Waals surface area contributed by atoms with Crippen molar-refractivity contribution in [2.45, 2.75) is 26.4 Å². The Kier molecular flexibility index (Phi) is 5.44. The number of carbonyl (C=O) groups excluding carboxylic acids is 2. The zero-order chi connectivity index (χ0) is 15.2. The van der Waals surface area contributed by atoms with E-state index >= 15 is 0 Å². The van der Waals surface area contributed by atoms with Crippen molar-refractivity contribution in [1.82, 2.24) is 10.2 Å². The Morgan fingerprint density at radius 2 is 2.05 bits per heavy atom. The number of allylic oxidation sites excluding steroid dienone is 1. The summed E-state index contributed by atoms with van der Waals surface area (Å²) >= 11 is 1.61. The van der Waals surface area contributed by atoms with Crippen LogP contribution in [0.2, 0.25) is 0 Å². The smallest absolute Gasteiger partial charge is 0.247 e. The number of benzene rings is 1. The molecular formula is C16H20N2O2S. The summed E-state index contributed by atoms with van der Waals surface area (Å²) in [5.74, 6) is 1.06. The van der Waals surface area contributed by atoms with Crippen LogP contribution >= 0.6 is 11.8 Å². The van der Waals surface area contributed by atoms with E-state index in [1.54, 1.807) is 22.7 Å². The van der Waals surface area contributed by atoms with Gasteiger partial charge >= 0.3 is 0 Å². The molecule has 1 heterocycles. The monoisotopic (exact) mass is 304 g/mol. The van der Waals surface area contributed by atoms with Gasteiger partial charge < -0.3 is 10.2 Å². The van der Waals surface area contributed by atoms with E-state index in [-0.39, 0.29) is 17.9 Å². The summed E-state index contributed by atoms with van der Waals surface area (Å²) in [7, 11) is 0. The Balaban J connectivity index is 1.95. The van der Waals surface area contributed by atoms with Crippen LogP contribution < -0.4 is 5.32 Å². The molecule has 0 aliphatic carbocycles. The molecule has 0 spiro atoms. The third-order valence-electron chi connectivity index (χ3n) is 3.19. The first-order chi connectivity index (χ1) is 10.1. The topological polar surface area (TPSA) is 49.4 Å². The van der Waals surface area contributed by atoms with E-state index in [2.05, 4.69) is 5.32 Å². The lowest BCUT2D eigenvalue weighted by atomic mass is 10.2. The molecule has 1 fully saturated rings. The SMILES string of the molecule is CC(C)=CC(=O)N1CSCC1C(=O)NCc1ccccc1. The number of nitrogens with zero attached hydrogens (tertiary/aromatic N) is 1. The second-order valence-corrected chi connectivity index (χ2v) is 6.25. The molecule has 0 aromatic heterocycles. The van der Waals surface area contributed by atoms with Gasteiger partial charge in [-0.2, -0.15) is 0 Å². The average molecular weight is 304 g/mol. The molecule has 0 radical (unpaired) electrons. The summed E-state index contributed by atoms with van der Waals surface area (Å²) in [5.41, 5.74) is 2.00. The lowest BCUT2D eigenvalue weighted by molar-refractivity contribution is -0.134. The zero-order valence-electron chi connectivity index (χ0n) is 12.3. The van der Waals surface area contributed by atoms with Crippen molar-refractivity contribution < 1.29 is 9.59 Å². The summed E-state index contributed by atoms with van der Waals surface area (Å²) in [6.07, 6.45) is 1.59. The van der Waals surface area contributed by atoms with Crippen LogP contribution in [-0.2, 0) is 16.1 Å². The molecule has 4 nitrogen and oxygen atoms in total. The fourth-order valence-corrected chi connectivity index (χ4v) is 3.27. The minimum atomic E-state index is -0.373. The molecule has 1 aromatic carbocycles. The quantitative estimate of drug-likeness (QED) is 0.867. The van der Waals surface area contributed by atoms with Crippen LogP contribution in [0.1, 0.15) is 19.4 Å². The Morgan fingerprint density at radius 3 is 2.71 bits per heavy atom. The maximum Gasteiger partial charge on any atom is 0.247 e. The first-order valence-electron chi connectivity index (χ1n) is 6.93. The molecule has 21 heavy (non-hydrogen) atoms. The Labute approximate surface area is 129 Å². The summed E-state index contributed by atoms with van der Waals surface area (Å²) in [4.78, 5) is 26.0. The largest absolute Gasteiger partial charge is 0.350 e. The van der Waals surface area contributed by atoms with Gasteiger partial charge in [-0.1, -0.05) is 35.9 Å². The lowest BCUT2D eigenvalue weighted by Crippen LogP contribution is -2.46. The molecule has 112 valence electrons. The standard InChI is InChI=1S/C16H20N2O2S/c1-12(2)8-15(19)18-11-21-10-14(18)16(20)17-9-13-6-4-3-5-7-13/h3-8,14H,9-11H2,1-2H3,(H,17,20). The van der Waals surface area contributed by atoms with E-state index in [0.717, 1.165) is 11.1 Å². The minimum Gasteiger partial charge on any atom is -0.350 e. The highest BCUT2D eigenvalue weighted by Gasteiger charge is 2.33. The minimum absolute atomic E-state index is 0.0835. The van der Waals surface area contributed by atoms with Gasteiger partial charge in [-0.3, -0.25) is 9.59 Å². The van der Waals surface area contributed by atoms with E-state index in [1.807, 2.05) is 44.2 Å². The molecule has 1 aliphatic heterocycles. The molecule has 1 aromatic rings. The highest BCUT2D eigenvalue weighted by atomic mass is 32.2. The third kappa shape index (κ3) is 4.36. The van der Waals surface area contributed by atoms with Crippen molar-refractivity contribution in [3.05, 3.63) is 47.5 Å². The Bertz CT molecular complexity index is 538. The van der Waals surface area contributed by atoms with Gasteiger partial charge in [0.1, 0.15) is 6.04 Å². The number of thioether (sulfide) groups is 1. The maximum atomic E-state index is 12.3. The van der Waals surface area contributed by atoms with Crippen molar-refractivity contribution in [1.29, 1.82) is 0 Å². The number of hydrogen-bond acceptors (Lipinski definition) is 3. The summed E-state index contributed by atoms with van der Waals surface area (Å²) in [5, 5.41) is 2.91. The lowest BCUT2D eigenvalue weighted by Gasteiger charge is -2.22. The molecule has 1 unspecified atom stereocenters. The van der Waals surface area contributed by atoms with Gasteiger partial charge in [-0.05, 0) is 19.4 Å². The Morgan fingerprint density at radius 1 is 1.33 bits per heavy atom. The summed E-state index contributed by atoms with van der Waals surface area (Å²) < 4.78 is 0. The normalized spacial score (nSPS) is 17.4. The second kappa shape index (κ2) is 7.31. The fourth-order valence-electron chi connectivity index (χ4n) is 2.11. The van der Waals surface area contributed by atoms with E-state index in [4.69, 9.17) is 0 Å². The number of rotatable bonds is 4. The molecule has 0 saturated carbocycles. The number of nitrogens with one attached hydrogen (secondary N) is 1. The third-order valence-corrected chi connectivity index (χ3v) is 4.20. The molecule has 2 rings (SSSR count). The van der Waals surface area contributed by atoms with Gasteiger partial charge in [0.25, 0.3) is 0 Å². The molecule has 5 heteroatoms. The van der Waals surface area contributed by atoms with Crippen molar-refractivity contribution in [3.63, 3.8) is 0 Å². The molecular weight excluding hydrogens is 284 g/mol. The van der Waals surface area contributed by atoms with Crippen LogP contribution in [0.25, 0.3) is 0 Å². The number of hydrogen-bond donors (Lipinski definition) is 1. The average Bonchev–Trinajstić information content (AvgIpc) is 2.95. The Hall–Kier alpha value is -1.75. The van der Waals surface area contributed by atoms with E-state index < -0.39 is 0 Å². The van der Waals surface area contributed by atoms with Crippen LogP contribution in [0.4, 0.5) is 0 Å². The van der Waals surface area contributed by atoms with Gasteiger partial charge in [-0.25, -0.2) is 0 Å². The maximum absolute atomic E-state index is 12.3. The fraction of sp³-hybridized carbons (Fsp3) is 0.375. The van der Waals surface area contributed by atoms with Crippen LogP contribution in [0.3, 0.4) is 0 Å². The summed E-state index contributed by atoms with van der Waals surface area (Å²) in [6.45, 7) is 4.25. The zero-order valence-corrected chi connectivity index (χ0v) is 13.2. The van der Waals surface area contributed by atoms with Crippen molar-refractivity contribution in [3.8, 4) is 0 Å². The van der Waals surface area contributed by atoms with Gasteiger partial charge in [0, 0.05) is 18.4 Å². The van der Waals surface area contributed by atoms with Gasteiger partial charge in [0.05, 0.1) is 5.88 Å². The van der Waals surface area contributed by atoms with Crippen molar-refractivity contribution >= 4 is 23.6 Å². The van der Waals surface area contributed by atoms with Crippen LogP contribution in [-0.4, -0.2) is 34.4 Å². The van der Waals surface area contributed by atoms with Gasteiger partial charge in [0.2, 0.25) is 11.8 Å². The predicted octanol–water partition coefficient (Wildman–Crippen LogP) is 2.17. The molecule has 1 N–H and O–H groups in total. The van der Waals surface area contributed by atoms with E-state index in [1.165, 1.54) is 0 Å². The van der Waals surface area contributed by atoms with Gasteiger partial charge in [-0.15, -0.1) is 11.8 Å². The van der Waals surface area contributed by atoms with E-state index in [9.17, 15) is 9.59 Å². The molecule has 1 atom stereocenters. The predicted molar refractivity (Wildman–Crippen MR) is 85.7 cm³/mol. The highest BCUT2D eigenvalue weighted by Crippen LogP contribution is 2.21. The first kappa shape index (κ1) is 15.6. The molecule has 2 amide bonds. The van der Waals surface area contributed by atoms with Crippen LogP contribution in [0.15, 0.2) is 42.0 Å². The number of amides is 2. The van der Waals surface area contributed by atoms with Gasteiger partial charge in [0.15, 0.2) is 0 Å². The van der Waals surface area contributed by atoms with Crippen molar-refractivity contribution in [2.75, 3.05) is 11.6 Å². The number of carbonyl (C=O) groups is 2. The molecule has 1 aliphatic rings. The van der Waals surface area contributed by atoms with Crippen LogP contribution in [0, 0.1) is 0 Å². The van der Waals surface area contributed by atoms with Crippen LogP contribution in [0.5, 0.6) is 0 Å². The second-order valence-electron chi connectivity index (χ2n) is 5.25. The first-order valence-corrected chi connectivity index (χ1v) is 8.08. The van der Waals surface area contributed by atoms with Crippen molar-refractivity contribution in [2.24, 2.45) is 0 Å².